The molecule has 0 unspecified atom stereocenters. The van der Waals surface area contributed by atoms with Crippen LogP contribution >= 0.6 is 46.6 Å². The Morgan fingerprint density at radius 2 is 1.62 bits per heavy atom. The van der Waals surface area contributed by atoms with Crippen LogP contribution < -0.4 is 0 Å². The Bertz CT molecular complexity index is 837. The van der Waals surface area contributed by atoms with Gasteiger partial charge in [0.1, 0.15) is 5.15 Å². The third-order valence-corrected chi connectivity index (χ3v) is 4.74. The van der Waals surface area contributed by atoms with Crippen molar-refractivity contribution in [3.63, 3.8) is 0 Å². The summed E-state index contributed by atoms with van der Waals surface area (Å²) in [5, 5.41) is 1.88. The summed E-state index contributed by atoms with van der Waals surface area (Å²) in [4.78, 5) is 10.0. The normalized spacial score (nSPS) is 11.0. The molecule has 1 aromatic heterocycles. The number of fused-ring (bicyclic) bond motifs is 1. The molecule has 0 aliphatic carbocycles. The van der Waals surface area contributed by atoms with Crippen molar-refractivity contribution in [2.45, 2.75) is 4.90 Å². The van der Waals surface area contributed by atoms with Gasteiger partial charge in [0.15, 0.2) is 5.82 Å². The minimum absolute atomic E-state index is 0.304. The minimum atomic E-state index is 0.304. The summed E-state index contributed by atoms with van der Waals surface area (Å²) in [5.41, 5.74) is 1.49. The minimum Gasteiger partial charge on any atom is -0.226 e. The van der Waals surface area contributed by atoms with E-state index in [2.05, 4.69) is 9.97 Å². The van der Waals surface area contributed by atoms with E-state index in [1.54, 1.807) is 23.9 Å². The second kappa shape index (κ2) is 6.01. The van der Waals surface area contributed by atoms with Crippen LogP contribution in [-0.4, -0.2) is 16.2 Å². The van der Waals surface area contributed by atoms with Gasteiger partial charge in [0, 0.05) is 10.5 Å². The van der Waals surface area contributed by atoms with E-state index in [1.807, 2.05) is 30.5 Å². The predicted molar refractivity (Wildman–Crippen MR) is 91.8 cm³/mol. The number of halogens is 3. The van der Waals surface area contributed by atoms with Crippen molar-refractivity contribution in [2.24, 2.45) is 0 Å². The topological polar surface area (TPSA) is 25.8 Å². The van der Waals surface area contributed by atoms with Gasteiger partial charge in [-0.25, -0.2) is 9.97 Å². The molecule has 21 heavy (non-hydrogen) atoms. The SMILES string of the molecule is CSc1ccccc1-c1nc(Cl)c2c(Cl)ccc(Cl)c2n1. The standard InChI is InChI=1S/C15H9Cl3N2S/c1-21-11-5-3-2-4-8(11)15-19-13-10(17)7-6-9(16)12(13)14(18)20-15/h2-7H,1H3. The number of rotatable bonds is 2. The summed E-state index contributed by atoms with van der Waals surface area (Å²) >= 11 is 20.3. The lowest BCUT2D eigenvalue weighted by Gasteiger charge is -2.09. The molecule has 0 fully saturated rings. The maximum atomic E-state index is 6.28. The van der Waals surface area contributed by atoms with Crippen LogP contribution in [0, 0.1) is 0 Å². The predicted octanol–water partition coefficient (Wildman–Crippen LogP) is 5.98. The maximum Gasteiger partial charge on any atom is 0.162 e. The highest BCUT2D eigenvalue weighted by Crippen LogP contribution is 2.36. The molecule has 1 heterocycles. The van der Waals surface area contributed by atoms with E-state index >= 15 is 0 Å². The lowest BCUT2D eigenvalue weighted by molar-refractivity contribution is 1.20. The monoisotopic (exact) mass is 354 g/mol. The first-order valence-corrected chi connectivity index (χ1v) is 8.42. The first kappa shape index (κ1) is 14.9. The molecular formula is C15H9Cl3N2S. The summed E-state index contributed by atoms with van der Waals surface area (Å²) < 4.78 is 0. The molecule has 0 atom stereocenters. The summed E-state index contributed by atoms with van der Waals surface area (Å²) in [7, 11) is 0. The van der Waals surface area contributed by atoms with Gasteiger partial charge in [0.2, 0.25) is 0 Å². The molecule has 0 radical (unpaired) electrons. The zero-order valence-corrected chi connectivity index (χ0v) is 14.0. The molecule has 0 aliphatic rings. The second-order valence-electron chi connectivity index (χ2n) is 4.29. The van der Waals surface area contributed by atoms with Gasteiger partial charge < -0.3 is 0 Å². The van der Waals surface area contributed by atoms with Gasteiger partial charge in [-0.05, 0) is 24.5 Å². The molecule has 0 amide bonds. The number of benzene rings is 2. The van der Waals surface area contributed by atoms with Gasteiger partial charge in [-0.3, -0.25) is 0 Å². The summed E-state index contributed by atoms with van der Waals surface area (Å²) in [6.45, 7) is 0. The molecule has 2 nitrogen and oxygen atoms in total. The Morgan fingerprint density at radius 1 is 0.905 bits per heavy atom. The third-order valence-electron chi connectivity index (χ3n) is 3.05. The average Bonchev–Trinajstić information content (AvgIpc) is 2.50. The van der Waals surface area contributed by atoms with Crippen LogP contribution in [-0.2, 0) is 0 Å². The summed E-state index contributed by atoms with van der Waals surface area (Å²) in [6, 6.07) is 11.3. The largest absolute Gasteiger partial charge is 0.226 e. The van der Waals surface area contributed by atoms with E-state index < -0.39 is 0 Å². The number of hydrogen-bond acceptors (Lipinski definition) is 3. The van der Waals surface area contributed by atoms with Gasteiger partial charge in [0.05, 0.1) is 20.9 Å². The van der Waals surface area contributed by atoms with Crippen LogP contribution in [0.5, 0.6) is 0 Å². The molecule has 3 rings (SSSR count). The zero-order valence-electron chi connectivity index (χ0n) is 10.9. The number of nitrogens with zero attached hydrogens (tertiary/aromatic N) is 2. The number of aromatic nitrogens is 2. The maximum absolute atomic E-state index is 6.28. The van der Waals surface area contributed by atoms with Crippen LogP contribution in [0.3, 0.4) is 0 Å². The van der Waals surface area contributed by atoms with Crippen LogP contribution in [0.2, 0.25) is 15.2 Å². The van der Waals surface area contributed by atoms with Crippen LogP contribution in [0.25, 0.3) is 22.3 Å². The van der Waals surface area contributed by atoms with Gasteiger partial charge in [-0.2, -0.15) is 0 Å². The van der Waals surface area contributed by atoms with Crippen LogP contribution in [0.4, 0.5) is 0 Å². The molecule has 106 valence electrons. The molecule has 0 bridgehead atoms. The third kappa shape index (κ3) is 2.71. The van der Waals surface area contributed by atoms with E-state index in [0.29, 0.717) is 31.9 Å². The van der Waals surface area contributed by atoms with Crippen molar-refractivity contribution in [3.8, 4) is 11.4 Å². The highest BCUT2D eigenvalue weighted by Gasteiger charge is 2.15. The molecule has 6 heteroatoms. The fourth-order valence-electron chi connectivity index (χ4n) is 2.08. The molecule has 3 aromatic rings. The van der Waals surface area contributed by atoms with E-state index in [-0.39, 0.29) is 0 Å². The Balaban J connectivity index is 2.33. The fourth-order valence-corrected chi connectivity index (χ4v) is 3.43. The molecular weight excluding hydrogens is 347 g/mol. The van der Waals surface area contributed by atoms with Gasteiger partial charge in [-0.1, -0.05) is 53.0 Å². The van der Waals surface area contributed by atoms with E-state index in [0.717, 1.165) is 10.5 Å². The zero-order chi connectivity index (χ0) is 15.0. The summed E-state index contributed by atoms with van der Waals surface area (Å²) in [5.74, 6) is 0.543. The van der Waals surface area contributed by atoms with Crippen molar-refractivity contribution < 1.29 is 0 Å². The first-order valence-electron chi connectivity index (χ1n) is 6.06. The molecule has 0 spiro atoms. The van der Waals surface area contributed by atoms with Crippen molar-refractivity contribution in [3.05, 3.63) is 51.6 Å². The lowest BCUT2D eigenvalue weighted by atomic mass is 10.2. The lowest BCUT2D eigenvalue weighted by Crippen LogP contribution is -1.94. The van der Waals surface area contributed by atoms with Gasteiger partial charge >= 0.3 is 0 Å². The van der Waals surface area contributed by atoms with Crippen molar-refractivity contribution in [2.75, 3.05) is 6.26 Å². The van der Waals surface area contributed by atoms with Crippen LogP contribution in [0.1, 0.15) is 0 Å². The summed E-state index contributed by atoms with van der Waals surface area (Å²) in [6.07, 6.45) is 2.01. The second-order valence-corrected chi connectivity index (χ2v) is 6.31. The van der Waals surface area contributed by atoms with Gasteiger partial charge in [0.25, 0.3) is 0 Å². The number of hydrogen-bond donors (Lipinski definition) is 0. The molecule has 0 N–H and O–H groups in total. The van der Waals surface area contributed by atoms with Gasteiger partial charge in [-0.15, -0.1) is 11.8 Å². The Kier molecular flexibility index (Phi) is 4.27. The Labute approximate surface area is 141 Å². The molecule has 0 saturated heterocycles. The van der Waals surface area contributed by atoms with E-state index in [9.17, 15) is 0 Å². The Hall–Kier alpha value is -1.00. The quantitative estimate of drug-likeness (QED) is 0.418. The number of thioether (sulfide) groups is 1. The molecule has 0 saturated carbocycles. The highest BCUT2D eigenvalue weighted by atomic mass is 35.5. The average molecular weight is 356 g/mol. The van der Waals surface area contributed by atoms with Crippen LogP contribution in [0.15, 0.2) is 41.3 Å². The fraction of sp³-hybridized carbons (Fsp3) is 0.0667. The van der Waals surface area contributed by atoms with Crippen molar-refractivity contribution in [1.29, 1.82) is 0 Å². The van der Waals surface area contributed by atoms with Crippen molar-refractivity contribution in [1.82, 2.24) is 9.97 Å². The Morgan fingerprint density at radius 3 is 2.38 bits per heavy atom. The first-order chi connectivity index (χ1) is 10.1. The molecule has 2 aromatic carbocycles. The van der Waals surface area contributed by atoms with E-state index in [4.69, 9.17) is 34.8 Å². The smallest absolute Gasteiger partial charge is 0.162 e. The van der Waals surface area contributed by atoms with Crippen molar-refractivity contribution >= 4 is 57.5 Å². The van der Waals surface area contributed by atoms with E-state index in [1.165, 1.54) is 0 Å². The molecule has 0 aliphatic heterocycles. The highest BCUT2D eigenvalue weighted by molar-refractivity contribution is 7.98.